The molecule has 1 aliphatic carbocycles. The highest BCUT2D eigenvalue weighted by Crippen LogP contribution is 2.38. The molecule has 1 unspecified atom stereocenters. The van der Waals surface area contributed by atoms with Crippen LogP contribution in [0.4, 0.5) is 0 Å². The second-order valence-electron chi connectivity index (χ2n) is 4.57. The van der Waals surface area contributed by atoms with Crippen molar-refractivity contribution in [3.63, 3.8) is 0 Å². The molecule has 84 valence electrons. The first-order valence-electron chi connectivity index (χ1n) is 5.04. The van der Waals surface area contributed by atoms with Crippen LogP contribution in [-0.2, 0) is 10.1 Å². The van der Waals surface area contributed by atoms with Crippen molar-refractivity contribution in [3.05, 3.63) is 0 Å². The summed E-state index contributed by atoms with van der Waals surface area (Å²) in [6.07, 6.45) is 5.34. The monoisotopic (exact) mass is 221 g/mol. The third kappa shape index (κ3) is 3.22. The Morgan fingerprint density at radius 3 is 2.29 bits per heavy atom. The molecule has 5 heteroatoms. The number of nitrogens with two attached hydrogens (primary N) is 1. The van der Waals surface area contributed by atoms with Gasteiger partial charge in [-0.15, -0.1) is 0 Å². The zero-order chi connectivity index (χ0) is 10.8. The van der Waals surface area contributed by atoms with Crippen LogP contribution < -0.4 is 5.73 Å². The molecular formula is C9H19NO3S. The van der Waals surface area contributed by atoms with Crippen molar-refractivity contribution in [2.45, 2.75) is 45.1 Å². The summed E-state index contributed by atoms with van der Waals surface area (Å²) in [7, 11) is -3.94. The fourth-order valence-electron chi connectivity index (χ4n) is 2.16. The van der Waals surface area contributed by atoms with E-state index >= 15 is 0 Å². The van der Waals surface area contributed by atoms with Gasteiger partial charge >= 0.3 is 0 Å². The van der Waals surface area contributed by atoms with Gasteiger partial charge in [-0.1, -0.05) is 26.2 Å². The standard InChI is InChI=1S/C9H19NO3S/c1-9(5-3-2-4-6-9)8(10)7-14(11,12)13/h8H,2-7,10H2,1H3,(H,11,12,13). The van der Waals surface area contributed by atoms with Crippen molar-refractivity contribution in [2.24, 2.45) is 11.1 Å². The number of rotatable bonds is 3. The van der Waals surface area contributed by atoms with E-state index < -0.39 is 16.2 Å². The van der Waals surface area contributed by atoms with E-state index in [2.05, 4.69) is 0 Å². The molecule has 0 saturated heterocycles. The Balaban J connectivity index is 2.62. The normalized spacial score (nSPS) is 24.5. The van der Waals surface area contributed by atoms with Gasteiger partial charge in [-0.05, 0) is 18.3 Å². The van der Waals surface area contributed by atoms with Crippen molar-refractivity contribution >= 4 is 10.1 Å². The quantitative estimate of drug-likeness (QED) is 0.701. The molecule has 1 aliphatic rings. The number of hydrogen-bond donors (Lipinski definition) is 2. The molecular weight excluding hydrogens is 202 g/mol. The molecule has 14 heavy (non-hydrogen) atoms. The Morgan fingerprint density at radius 2 is 1.86 bits per heavy atom. The van der Waals surface area contributed by atoms with Gasteiger partial charge in [0, 0.05) is 6.04 Å². The smallest absolute Gasteiger partial charge is 0.266 e. The molecule has 1 atom stereocenters. The summed E-state index contributed by atoms with van der Waals surface area (Å²) in [6, 6.07) is -0.446. The maximum atomic E-state index is 10.7. The van der Waals surface area contributed by atoms with Gasteiger partial charge in [0.2, 0.25) is 0 Å². The lowest BCUT2D eigenvalue weighted by molar-refractivity contribution is 0.179. The van der Waals surface area contributed by atoms with Gasteiger partial charge < -0.3 is 5.73 Å². The molecule has 0 radical (unpaired) electrons. The molecule has 0 aliphatic heterocycles. The van der Waals surface area contributed by atoms with Crippen LogP contribution in [0.3, 0.4) is 0 Å². The highest BCUT2D eigenvalue weighted by molar-refractivity contribution is 7.85. The molecule has 1 rings (SSSR count). The SMILES string of the molecule is CC1(C(N)CS(=O)(=O)O)CCCCC1. The summed E-state index contributed by atoms with van der Waals surface area (Å²) in [4.78, 5) is 0. The predicted octanol–water partition coefficient (Wildman–Crippen LogP) is 1.17. The van der Waals surface area contributed by atoms with Crippen LogP contribution in [0.2, 0.25) is 0 Å². The van der Waals surface area contributed by atoms with Crippen molar-refractivity contribution in [1.29, 1.82) is 0 Å². The van der Waals surface area contributed by atoms with Crippen molar-refractivity contribution in [1.82, 2.24) is 0 Å². The van der Waals surface area contributed by atoms with E-state index in [4.69, 9.17) is 10.3 Å². The van der Waals surface area contributed by atoms with E-state index in [0.29, 0.717) is 0 Å². The Bertz CT molecular complexity index is 280. The van der Waals surface area contributed by atoms with Gasteiger partial charge in [0.25, 0.3) is 10.1 Å². The Kier molecular flexibility index (Phi) is 3.55. The molecule has 0 heterocycles. The molecule has 0 bridgehead atoms. The summed E-state index contributed by atoms with van der Waals surface area (Å²) in [5.41, 5.74) is 5.71. The van der Waals surface area contributed by atoms with Crippen LogP contribution >= 0.6 is 0 Å². The second kappa shape index (κ2) is 4.16. The lowest BCUT2D eigenvalue weighted by Gasteiger charge is -2.38. The van der Waals surface area contributed by atoms with Crippen LogP contribution in [0.15, 0.2) is 0 Å². The summed E-state index contributed by atoms with van der Waals surface area (Å²) >= 11 is 0. The molecule has 3 N–H and O–H groups in total. The van der Waals surface area contributed by atoms with Gasteiger partial charge in [0.05, 0.1) is 5.75 Å². The van der Waals surface area contributed by atoms with Gasteiger partial charge in [0.1, 0.15) is 0 Å². The van der Waals surface area contributed by atoms with E-state index in [1.165, 1.54) is 6.42 Å². The van der Waals surface area contributed by atoms with Crippen LogP contribution in [0.5, 0.6) is 0 Å². The van der Waals surface area contributed by atoms with Gasteiger partial charge in [-0.25, -0.2) is 0 Å². The fourth-order valence-corrected chi connectivity index (χ4v) is 3.01. The van der Waals surface area contributed by atoms with E-state index in [-0.39, 0.29) is 11.2 Å². The maximum absolute atomic E-state index is 10.7. The molecule has 0 amide bonds. The average molecular weight is 221 g/mol. The average Bonchev–Trinajstić information content (AvgIpc) is 2.02. The zero-order valence-corrected chi connectivity index (χ0v) is 9.39. The highest BCUT2D eigenvalue weighted by atomic mass is 32.2. The van der Waals surface area contributed by atoms with Crippen LogP contribution in [-0.4, -0.2) is 24.8 Å². The molecule has 4 nitrogen and oxygen atoms in total. The molecule has 1 saturated carbocycles. The highest BCUT2D eigenvalue weighted by Gasteiger charge is 2.35. The summed E-state index contributed by atoms with van der Waals surface area (Å²) in [6.45, 7) is 2.02. The first kappa shape index (κ1) is 11.9. The van der Waals surface area contributed by atoms with E-state index in [1.807, 2.05) is 6.92 Å². The van der Waals surface area contributed by atoms with Crippen molar-refractivity contribution in [3.8, 4) is 0 Å². The molecule has 0 spiro atoms. The van der Waals surface area contributed by atoms with Crippen molar-refractivity contribution < 1.29 is 13.0 Å². The van der Waals surface area contributed by atoms with E-state index in [1.54, 1.807) is 0 Å². The molecule has 1 fully saturated rings. The topological polar surface area (TPSA) is 80.4 Å². The minimum absolute atomic E-state index is 0.117. The third-order valence-electron chi connectivity index (χ3n) is 3.28. The summed E-state index contributed by atoms with van der Waals surface area (Å²) in [5, 5.41) is 0. The van der Waals surface area contributed by atoms with Gasteiger partial charge in [0.15, 0.2) is 0 Å². The lowest BCUT2D eigenvalue weighted by Crippen LogP contribution is -2.45. The van der Waals surface area contributed by atoms with E-state index in [0.717, 1.165) is 25.7 Å². The van der Waals surface area contributed by atoms with Crippen LogP contribution in [0.25, 0.3) is 0 Å². The number of hydrogen-bond acceptors (Lipinski definition) is 3. The molecule has 0 aromatic rings. The van der Waals surface area contributed by atoms with Crippen LogP contribution in [0.1, 0.15) is 39.0 Å². The fraction of sp³-hybridized carbons (Fsp3) is 1.00. The Labute approximate surface area is 85.6 Å². The Morgan fingerprint density at radius 1 is 1.36 bits per heavy atom. The lowest BCUT2D eigenvalue weighted by atomic mass is 9.71. The summed E-state index contributed by atoms with van der Waals surface area (Å²) in [5.74, 6) is -0.316. The predicted molar refractivity (Wildman–Crippen MR) is 55.6 cm³/mol. The Hall–Kier alpha value is -0.130. The third-order valence-corrected chi connectivity index (χ3v) is 4.06. The minimum atomic E-state index is -3.94. The second-order valence-corrected chi connectivity index (χ2v) is 6.07. The minimum Gasteiger partial charge on any atom is -0.326 e. The van der Waals surface area contributed by atoms with Gasteiger partial charge in [-0.3, -0.25) is 4.55 Å². The first-order valence-corrected chi connectivity index (χ1v) is 6.65. The zero-order valence-electron chi connectivity index (χ0n) is 8.57. The van der Waals surface area contributed by atoms with Crippen molar-refractivity contribution in [2.75, 3.05) is 5.75 Å². The first-order chi connectivity index (χ1) is 6.33. The molecule has 0 aromatic carbocycles. The largest absolute Gasteiger partial charge is 0.326 e. The maximum Gasteiger partial charge on any atom is 0.266 e. The summed E-state index contributed by atoms with van der Waals surface area (Å²) < 4.78 is 30.1. The van der Waals surface area contributed by atoms with Crippen LogP contribution in [0, 0.1) is 5.41 Å². The van der Waals surface area contributed by atoms with E-state index in [9.17, 15) is 8.42 Å². The van der Waals surface area contributed by atoms with Gasteiger partial charge in [-0.2, -0.15) is 8.42 Å². The molecule has 0 aromatic heterocycles.